The van der Waals surface area contributed by atoms with Crippen molar-refractivity contribution in [2.45, 2.75) is 39.8 Å². The number of nitrogens with one attached hydrogen (secondary N) is 1. The van der Waals surface area contributed by atoms with Crippen LogP contribution in [0.4, 0.5) is 0 Å². The Bertz CT molecular complexity index is 611. The number of nitrogens with zero attached hydrogens (tertiary/aromatic N) is 1. The van der Waals surface area contributed by atoms with Crippen LogP contribution in [0, 0.1) is 13.8 Å². The van der Waals surface area contributed by atoms with Gasteiger partial charge in [-0.15, -0.1) is 0 Å². The normalized spacial score (nSPS) is 12.5. The van der Waals surface area contributed by atoms with Crippen molar-refractivity contribution in [1.29, 1.82) is 0 Å². The van der Waals surface area contributed by atoms with E-state index >= 15 is 0 Å². The highest BCUT2D eigenvalue weighted by Gasteiger charge is 2.16. The Morgan fingerprint density at radius 1 is 1.14 bits per heavy atom. The van der Waals surface area contributed by atoms with E-state index in [0.717, 1.165) is 16.9 Å². The fourth-order valence-corrected chi connectivity index (χ4v) is 2.45. The molecule has 4 heteroatoms. The number of ether oxygens (including phenoxy) is 1. The van der Waals surface area contributed by atoms with Crippen molar-refractivity contribution in [2.75, 3.05) is 0 Å². The molecule has 1 aromatic heterocycles. The quantitative estimate of drug-likeness (QED) is 0.655. The van der Waals surface area contributed by atoms with E-state index in [1.807, 2.05) is 26.1 Å². The van der Waals surface area contributed by atoms with Crippen LogP contribution in [-0.2, 0) is 0 Å². The Labute approximate surface area is 126 Å². The minimum Gasteiger partial charge on any atom is -0.489 e. The van der Waals surface area contributed by atoms with Crippen LogP contribution in [-0.4, -0.2) is 11.1 Å². The third-order valence-electron chi connectivity index (χ3n) is 3.34. The zero-order valence-electron chi connectivity index (χ0n) is 13.1. The van der Waals surface area contributed by atoms with Gasteiger partial charge in [0.2, 0.25) is 0 Å². The van der Waals surface area contributed by atoms with Crippen LogP contribution < -0.4 is 16.0 Å². The highest BCUT2D eigenvalue weighted by Crippen LogP contribution is 2.26. The van der Waals surface area contributed by atoms with Crippen LogP contribution in [0.3, 0.4) is 0 Å². The lowest BCUT2D eigenvalue weighted by molar-refractivity contribution is 0.241. The van der Waals surface area contributed by atoms with Gasteiger partial charge in [-0.1, -0.05) is 23.8 Å². The molecule has 112 valence electrons. The molecule has 1 unspecified atom stereocenters. The summed E-state index contributed by atoms with van der Waals surface area (Å²) < 4.78 is 5.70. The van der Waals surface area contributed by atoms with Crippen LogP contribution >= 0.6 is 0 Å². The first-order valence-corrected chi connectivity index (χ1v) is 7.16. The summed E-state index contributed by atoms with van der Waals surface area (Å²) in [5.74, 6) is 6.53. The van der Waals surface area contributed by atoms with Gasteiger partial charge < -0.3 is 4.74 Å². The first-order valence-electron chi connectivity index (χ1n) is 7.16. The minimum atomic E-state index is -0.103. The molecular weight excluding hydrogens is 262 g/mol. The van der Waals surface area contributed by atoms with E-state index in [0.29, 0.717) is 0 Å². The minimum absolute atomic E-state index is 0.103. The molecule has 1 aromatic carbocycles. The van der Waals surface area contributed by atoms with Crippen molar-refractivity contribution >= 4 is 0 Å². The number of aryl methyl sites for hydroxylation is 2. The van der Waals surface area contributed by atoms with Crippen molar-refractivity contribution in [3.05, 3.63) is 58.9 Å². The molecule has 0 bridgehead atoms. The first-order chi connectivity index (χ1) is 10.0. The fourth-order valence-electron chi connectivity index (χ4n) is 2.45. The van der Waals surface area contributed by atoms with Crippen molar-refractivity contribution in [2.24, 2.45) is 5.84 Å². The van der Waals surface area contributed by atoms with Gasteiger partial charge in [0.05, 0.1) is 18.3 Å². The molecule has 1 atom stereocenters. The second-order valence-electron chi connectivity index (χ2n) is 5.58. The molecule has 1 heterocycles. The van der Waals surface area contributed by atoms with Gasteiger partial charge in [-0.25, -0.2) is 5.43 Å². The molecule has 0 spiro atoms. The topological polar surface area (TPSA) is 60.2 Å². The molecule has 3 N–H and O–H groups in total. The van der Waals surface area contributed by atoms with E-state index in [2.05, 4.69) is 42.5 Å². The van der Waals surface area contributed by atoms with E-state index in [1.165, 1.54) is 11.1 Å². The summed E-state index contributed by atoms with van der Waals surface area (Å²) in [4.78, 5) is 4.26. The SMILES string of the molecule is Cc1ccc(C(NN)c2cncc(OC(C)C)c2)c(C)c1. The molecule has 0 fully saturated rings. The summed E-state index contributed by atoms with van der Waals surface area (Å²) in [6.45, 7) is 8.17. The molecule has 0 radical (unpaired) electrons. The number of hydrogen-bond acceptors (Lipinski definition) is 4. The van der Waals surface area contributed by atoms with Gasteiger partial charge in [-0.3, -0.25) is 10.8 Å². The largest absolute Gasteiger partial charge is 0.489 e. The molecule has 21 heavy (non-hydrogen) atoms. The molecule has 0 amide bonds. The number of benzene rings is 1. The fraction of sp³-hybridized carbons (Fsp3) is 0.353. The number of nitrogens with two attached hydrogens (primary N) is 1. The molecule has 2 aromatic rings. The third-order valence-corrected chi connectivity index (χ3v) is 3.34. The summed E-state index contributed by atoms with van der Waals surface area (Å²) in [6.07, 6.45) is 3.66. The molecule has 0 aliphatic rings. The average molecular weight is 285 g/mol. The lowest BCUT2D eigenvalue weighted by Gasteiger charge is -2.20. The molecule has 4 nitrogen and oxygen atoms in total. The lowest BCUT2D eigenvalue weighted by Crippen LogP contribution is -2.29. The zero-order chi connectivity index (χ0) is 15.4. The molecule has 2 rings (SSSR count). The Kier molecular flexibility index (Phi) is 4.94. The monoisotopic (exact) mass is 285 g/mol. The Hall–Kier alpha value is -1.91. The molecular formula is C17H23N3O. The summed E-state index contributed by atoms with van der Waals surface area (Å²) in [6, 6.07) is 8.23. The van der Waals surface area contributed by atoms with Crippen molar-refractivity contribution in [3.63, 3.8) is 0 Å². The molecule has 0 saturated heterocycles. The number of pyridine rings is 1. The zero-order valence-corrected chi connectivity index (χ0v) is 13.1. The number of aromatic nitrogens is 1. The van der Waals surface area contributed by atoms with Crippen LogP contribution in [0.2, 0.25) is 0 Å². The second kappa shape index (κ2) is 6.70. The van der Waals surface area contributed by atoms with Crippen molar-refractivity contribution in [3.8, 4) is 5.75 Å². The number of hydrazine groups is 1. The van der Waals surface area contributed by atoms with Gasteiger partial charge in [0.1, 0.15) is 5.75 Å². The van der Waals surface area contributed by atoms with Gasteiger partial charge in [-0.2, -0.15) is 0 Å². The maximum atomic E-state index is 5.78. The second-order valence-corrected chi connectivity index (χ2v) is 5.58. The van der Waals surface area contributed by atoms with E-state index in [9.17, 15) is 0 Å². The van der Waals surface area contributed by atoms with E-state index < -0.39 is 0 Å². The Morgan fingerprint density at radius 3 is 2.52 bits per heavy atom. The maximum absolute atomic E-state index is 5.78. The molecule has 0 aliphatic carbocycles. The lowest BCUT2D eigenvalue weighted by atomic mass is 9.95. The average Bonchev–Trinajstić information content (AvgIpc) is 2.41. The van der Waals surface area contributed by atoms with Crippen molar-refractivity contribution < 1.29 is 4.74 Å². The standard InChI is InChI=1S/C17H23N3O/c1-11(2)21-15-8-14(9-19-10-15)17(20-18)16-6-5-12(3)7-13(16)4/h5-11,17,20H,18H2,1-4H3. The number of hydrogen-bond donors (Lipinski definition) is 2. The first kappa shape index (κ1) is 15.5. The maximum Gasteiger partial charge on any atom is 0.138 e. The van der Waals surface area contributed by atoms with Gasteiger partial charge in [0.25, 0.3) is 0 Å². The molecule has 0 aliphatic heterocycles. The Morgan fingerprint density at radius 2 is 1.90 bits per heavy atom. The predicted molar refractivity (Wildman–Crippen MR) is 85.1 cm³/mol. The highest BCUT2D eigenvalue weighted by molar-refractivity contribution is 5.39. The third kappa shape index (κ3) is 3.80. The van der Waals surface area contributed by atoms with Crippen LogP contribution in [0.5, 0.6) is 5.75 Å². The van der Waals surface area contributed by atoms with Gasteiger partial charge in [-0.05, 0) is 50.5 Å². The van der Waals surface area contributed by atoms with Crippen LogP contribution in [0.25, 0.3) is 0 Å². The van der Waals surface area contributed by atoms with Gasteiger partial charge >= 0.3 is 0 Å². The van der Waals surface area contributed by atoms with E-state index in [-0.39, 0.29) is 12.1 Å². The highest BCUT2D eigenvalue weighted by atomic mass is 16.5. The Balaban J connectivity index is 2.37. The predicted octanol–water partition coefficient (Wildman–Crippen LogP) is 3.04. The van der Waals surface area contributed by atoms with Gasteiger partial charge in [0.15, 0.2) is 0 Å². The summed E-state index contributed by atoms with van der Waals surface area (Å²) in [7, 11) is 0. The van der Waals surface area contributed by atoms with E-state index in [4.69, 9.17) is 10.6 Å². The summed E-state index contributed by atoms with van der Waals surface area (Å²) in [5, 5.41) is 0. The molecule has 0 saturated carbocycles. The van der Waals surface area contributed by atoms with Gasteiger partial charge in [0, 0.05) is 6.20 Å². The van der Waals surface area contributed by atoms with Crippen molar-refractivity contribution in [1.82, 2.24) is 10.4 Å². The van der Waals surface area contributed by atoms with Crippen LogP contribution in [0.15, 0.2) is 36.7 Å². The van der Waals surface area contributed by atoms with E-state index in [1.54, 1.807) is 6.20 Å². The summed E-state index contributed by atoms with van der Waals surface area (Å²) in [5.41, 5.74) is 7.45. The number of rotatable bonds is 5. The summed E-state index contributed by atoms with van der Waals surface area (Å²) >= 11 is 0. The smallest absolute Gasteiger partial charge is 0.138 e. The van der Waals surface area contributed by atoms with Crippen LogP contribution in [0.1, 0.15) is 42.1 Å².